The molecule has 0 spiro atoms. The van der Waals surface area contributed by atoms with Crippen LogP contribution in [-0.4, -0.2) is 36.6 Å². The molecule has 202 valence electrons. The third-order valence-corrected chi connectivity index (χ3v) is 7.15. The minimum absolute atomic E-state index is 0.0404. The zero-order chi connectivity index (χ0) is 27.9. The van der Waals surface area contributed by atoms with Gasteiger partial charge < -0.3 is 25.2 Å². The SMILES string of the molecule is O=C1N[C@@H](c2cc(F)ccc2Cl)c2c(NC(=O)N3C[C@](O)(C(F)(F)F)c4cc(F)ccc43)cc3c(c21)OCO3. The monoisotopic (exact) mass is 567 g/mol. The van der Waals surface area contributed by atoms with Crippen molar-refractivity contribution in [1.82, 2.24) is 5.32 Å². The van der Waals surface area contributed by atoms with Gasteiger partial charge >= 0.3 is 12.2 Å². The van der Waals surface area contributed by atoms with Gasteiger partial charge in [-0.25, -0.2) is 13.6 Å². The van der Waals surface area contributed by atoms with Crippen molar-refractivity contribution in [3.05, 3.63) is 81.4 Å². The number of hydrogen-bond acceptors (Lipinski definition) is 5. The maximum Gasteiger partial charge on any atom is 0.423 e. The van der Waals surface area contributed by atoms with Crippen molar-refractivity contribution in [2.24, 2.45) is 0 Å². The molecule has 3 aliphatic heterocycles. The van der Waals surface area contributed by atoms with E-state index in [1.807, 2.05) is 0 Å². The maximum atomic E-state index is 14.1. The molecule has 14 heteroatoms. The number of benzene rings is 3. The van der Waals surface area contributed by atoms with E-state index in [0.29, 0.717) is 11.0 Å². The molecule has 0 saturated heterocycles. The first-order valence-corrected chi connectivity index (χ1v) is 11.7. The Kier molecular flexibility index (Phi) is 5.46. The van der Waals surface area contributed by atoms with Crippen molar-refractivity contribution in [1.29, 1.82) is 0 Å². The summed E-state index contributed by atoms with van der Waals surface area (Å²) in [6.45, 7) is -1.51. The van der Waals surface area contributed by atoms with Crippen molar-refractivity contribution in [2.75, 3.05) is 23.6 Å². The van der Waals surface area contributed by atoms with Crippen LogP contribution in [0.15, 0.2) is 42.5 Å². The normalized spacial score (nSPS) is 21.1. The van der Waals surface area contributed by atoms with Crippen molar-refractivity contribution < 1.29 is 46.1 Å². The molecular formula is C25H15ClF5N3O5. The van der Waals surface area contributed by atoms with Gasteiger partial charge in [0.2, 0.25) is 12.4 Å². The number of rotatable bonds is 2. The summed E-state index contributed by atoms with van der Waals surface area (Å²) in [6, 6.07) is 4.88. The number of fused-ring (bicyclic) bond motifs is 4. The molecule has 39 heavy (non-hydrogen) atoms. The van der Waals surface area contributed by atoms with E-state index in [2.05, 4.69) is 10.6 Å². The van der Waals surface area contributed by atoms with Crippen LogP contribution in [0.25, 0.3) is 0 Å². The number of urea groups is 1. The molecule has 0 aliphatic carbocycles. The average Bonchev–Trinajstić information content (AvgIpc) is 3.55. The number of nitrogens with one attached hydrogen (secondary N) is 2. The van der Waals surface area contributed by atoms with E-state index in [9.17, 15) is 36.6 Å². The summed E-state index contributed by atoms with van der Waals surface area (Å²) in [5, 5.41) is 15.7. The van der Waals surface area contributed by atoms with Gasteiger partial charge in [0, 0.05) is 27.8 Å². The molecule has 8 nitrogen and oxygen atoms in total. The van der Waals surface area contributed by atoms with Crippen LogP contribution in [0.4, 0.5) is 38.1 Å². The molecule has 0 unspecified atom stereocenters. The first-order chi connectivity index (χ1) is 18.4. The standard InChI is InChI=1S/C25H15ClF5N3O5/c26-14-3-1-10(27)5-12(14)20-18-15(7-17-21(39-9-38-17)19(18)22(35)33-20)32-23(36)34-8-24(37,25(29,30)31)13-6-11(28)2-4-16(13)34/h1-7,20,37H,8-9H2,(H,32,36)(H,33,35)/t20-,24+/m0/s1. The zero-order valence-electron chi connectivity index (χ0n) is 19.3. The smallest absolute Gasteiger partial charge is 0.423 e. The van der Waals surface area contributed by atoms with E-state index in [0.717, 1.165) is 24.3 Å². The molecular weight excluding hydrogens is 553 g/mol. The van der Waals surface area contributed by atoms with Crippen LogP contribution in [0, 0.1) is 11.6 Å². The van der Waals surface area contributed by atoms with E-state index in [4.69, 9.17) is 21.1 Å². The molecule has 3 heterocycles. The van der Waals surface area contributed by atoms with Crippen LogP contribution in [0.5, 0.6) is 11.5 Å². The topological polar surface area (TPSA) is 100 Å². The summed E-state index contributed by atoms with van der Waals surface area (Å²) in [5.41, 5.74) is -4.60. The Balaban J connectivity index is 1.45. The number of halogens is 6. The third-order valence-electron chi connectivity index (χ3n) is 6.80. The number of hydrogen-bond donors (Lipinski definition) is 3. The number of aliphatic hydroxyl groups is 1. The van der Waals surface area contributed by atoms with Gasteiger partial charge in [0.05, 0.1) is 29.5 Å². The Morgan fingerprint density at radius 3 is 2.59 bits per heavy atom. The predicted molar refractivity (Wildman–Crippen MR) is 126 cm³/mol. The molecule has 3 amide bonds. The summed E-state index contributed by atoms with van der Waals surface area (Å²) in [7, 11) is 0. The van der Waals surface area contributed by atoms with Crippen LogP contribution in [0.1, 0.15) is 33.1 Å². The number of ether oxygens (including phenoxy) is 2. The first kappa shape index (κ1) is 25.2. The summed E-state index contributed by atoms with van der Waals surface area (Å²) in [6.07, 6.45) is -5.24. The number of anilines is 2. The van der Waals surface area contributed by atoms with E-state index in [-0.39, 0.29) is 51.4 Å². The molecule has 0 aromatic heterocycles. The lowest BCUT2D eigenvalue weighted by Crippen LogP contribution is -2.48. The number of carbonyl (C=O) groups excluding carboxylic acids is 2. The van der Waals surface area contributed by atoms with Crippen molar-refractivity contribution >= 4 is 34.9 Å². The second-order valence-corrected chi connectivity index (χ2v) is 9.46. The second-order valence-electron chi connectivity index (χ2n) is 9.05. The first-order valence-electron chi connectivity index (χ1n) is 11.3. The molecule has 0 fully saturated rings. The molecule has 2 atom stereocenters. The highest BCUT2D eigenvalue weighted by atomic mass is 35.5. The van der Waals surface area contributed by atoms with Crippen LogP contribution in [-0.2, 0) is 5.60 Å². The molecule has 3 aromatic rings. The van der Waals surface area contributed by atoms with Gasteiger partial charge in [-0.15, -0.1) is 0 Å². The average molecular weight is 568 g/mol. The molecule has 3 aliphatic rings. The van der Waals surface area contributed by atoms with Gasteiger partial charge in [-0.1, -0.05) is 11.6 Å². The van der Waals surface area contributed by atoms with Gasteiger partial charge in [-0.05, 0) is 36.4 Å². The highest BCUT2D eigenvalue weighted by Gasteiger charge is 2.61. The maximum absolute atomic E-state index is 14.1. The van der Waals surface area contributed by atoms with Crippen molar-refractivity contribution in [3.8, 4) is 11.5 Å². The molecule has 3 aromatic carbocycles. The van der Waals surface area contributed by atoms with Crippen LogP contribution in [0.3, 0.4) is 0 Å². The van der Waals surface area contributed by atoms with Gasteiger partial charge in [0.1, 0.15) is 11.6 Å². The summed E-state index contributed by atoms with van der Waals surface area (Å²) < 4.78 is 80.3. The van der Waals surface area contributed by atoms with E-state index in [1.54, 1.807) is 0 Å². The van der Waals surface area contributed by atoms with Crippen LogP contribution >= 0.6 is 11.6 Å². The minimum Gasteiger partial charge on any atom is -0.453 e. The number of carbonyl (C=O) groups is 2. The quantitative estimate of drug-likeness (QED) is 0.379. The molecule has 0 bridgehead atoms. The molecule has 6 rings (SSSR count). The number of amides is 3. The Morgan fingerprint density at radius 2 is 1.85 bits per heavy atom. The fourth-order valence-corrected chi connectivity index (χ4v) is 5.24. The van der Waals surface area contributed by atoms with E-state index in [1.165, 1.54) is 12.1 Å². The zero-order valence-corrected chi connectivity index (χ0v) is 20.1. The Hall–Kier alpha value is -4.10. The molecule has 0 radical (unpaired) electrons. The third kappa shape index (κ3) is 3.75. The van der Waals surface area contributed by atoms with E-state index < -0.39 is 53.5 Å². The van der Waals surface area contributed by atoms with Gasteiger partial charge in [0.15, 0.2) is 11.5 Å². The van der Waals surface area contributed by atoms with Crippen LogP contribution in [0.2, 0.25) is 5.02 Å². The second kappa shape index (κ2) is 8.45. The molecule has 3 N–H and O–H groups in total. The number of alkyl halides is 3. The lowest BCUT2D eigenvalue weighted by atomic mass is 9.95. The van der Waals surface area contributed by atoms with Gasteiger partial charge in [-0.3, -0.25) is 9.69 Å². The van der Waals surface area contributed by atoms with Gasteiger partial charge in [-0.2, -0.15) is 13.2 Å². The van der Waals surface area contributed by atoms with Crippen molar-refractivity contribution in [3.63, 3.8) is 0 Å². The van der Waals surface area contributed by atoms with Crippen molar-refractivity contribution in [2.45, 2.75) is 17.8 Å². The lowest BCUT2D eigenvalue weighted by Gasteiger charge is -2.27. The van der Waals surface area contributed by atoms with E-state index >= 15 is 0 Å². The predicted octanol–water partition coefficient (Wildman–Crippen LogP) is 4.98. The Morgan fingerprint density at radius 1 is 1.13 bits per heavy atom. The minimum atomic E-state index is -5.24. The highest BCUT2D eigenvalue weighted by Crippen LogP contribution is 2.51. The fourth-order valence-electron chi connectivity index (χ4n) is 5.01. The summed E-state index contributed by atoms with van der Waals surface area (Å²) in [4.78, 5) is 27.0. The summed E-state index contributed by atoms with van der Waals surface area (Å²) in [5.74, 6) is -2.21. The van der Waals surface area contributed by atoms with Crippen LogP contribution < -0.4 is 25.0 Å². The fraction of sp³-hybridized carbons (Fsp3) is 0.200. The number of β-amino-alcohol motifs (C(OH)–C–C–N with tert-alkyl or cyclic N) is 1. The Labute approximate surface area is 220 Å². The number of nitrogens with zero attached hydrogens (tertiary/aromatic N) is 1. The molecule has 0 saturated carbocycles. The highest BCUT2D eigenvalue weighted by molar-refractivity contribution is 6.31. The summed E-state index contributed by atoms with van der Waals surface area (Å²) >= 11 is 6.28. The largest absolute Gasteiger partial charge is 0.453 e. The lowest BCUT2D eigenvalue weighted by molar-refractivity contribution is -0.258. The Bertz CT molecular complexity index is 1580. The van der Waals surface area contributed by atoms with Gasteiger partial charge in [0.25, 0.3) is 5.91 Å².